The molecule has 2 rings (SSSR count). The van der Waals surface area contributed by atoms with Crippen molar-refractivity contribution < 1.29 is 4.79 Å². The van der Waals surface area contributed by atoms with Gasteiger partial charge in [-0.25, -0.2) is 4.79 Å². The number of hydrogen-bond donors (Lipinski definition) is 2. The van der Waals surface area contributed by atoms with Crippen LogP contribution in [0.5, 0.6) is 0 Å². The first-order chi connectivity index (χ1) is 11.6. The van der Waals surface area contributed by atoms with Crippen molar-refractivity contribution in [3.8, 4) is 0 Å². The highest BCUT2D eigenvalue weighted by Crippen LogP contribution is 2.16. The van der Waals surface area contributed by atoms with E-state index in [-0.39, 0.29) is 12.1 Å². The zero-order valence-electron chi connectivity index (χ0n) is 14.2. The molecule has 0 radical (unpaired) electrons. The zero-order valence-corrected chi connectivity index (χ0v) is 15.1. The lowest BCUT2D eigenvalue weighted by molar-refractivity contribution is 0.233. The molecule has 2 aromatic rings. The Labute approximate surface area is 148 Å². The van der Waals surface area contributed by atoms with E-state index in [2.05, 4.69) is 27.7 Å². The lowest BCUT2D eigenvalue weighted by atomic mass is 10.1. The SMILES string of the molecule is CN(C)CC(NC(=O)NCCSc1ccccc1)c1ccccc1. The molecular weight excluding hydrogens is 318 g/mol. The number of nitrogens with one attached hydrogen (secondary N) is 2. The van der Waals surface area contributed by atoms with Crippen molar-refractivity contribution in [3.05, 3.63) is 66.2 Å². The van der Waals surface area contributed by atoms with Crippen molar-refractivity contribution in [2.75, 3.05) is 32.9 Å². The van der Waals surface area contributed by atoms with Crippen molar-refractivity contribution in [1.29, 1.82) is 0 Å². The van der Waals surface area contributed by atoms with Crippen LogP contribution in [0.25, 0.3) is 0 Å². The molecule has 0 heterocycles. The molecule has 2 amide bonds. The molecule has 1 atom stereocenters. The van der Waals surface area contributed by atoms with E-state index in [0.29, 0.717) is 6.54 Å². The fourth-order valence-corrected chi connectivity index (χ4v) is 3.13. The highest BCUT2D eigenvalue weighted by molar-refractivity contribution is 7.99. The number of urea groups is 1. The summed E-state index contributed by atoms with van der Waals surface area (Å²) in [6.07, 6.45) is 0. The van der Waals surface area contributed by atoms with Gasteiger partial charge in [0.2, 0.25) is 0 Å². The molecule has 0 bridgehead atoms. The molecule has 0 aromatic heterocycles. The van der Waals surface area contributed by atoms with Crippen LogP contribution in [0.15, 0.2) is 65.6 Å². The Morgan fingerprint density at radius 3 is 2.29 bits per heavy atom. The van der Waals surface area contributed by atoms with Crippen LogP contribution in [0.3, 0.4) is 0 Å². The van der Waals surface area contributed by atoms with Crippen LogP contribution in [-0.4, -0.2) is 43.9 Å². The number of likely N-dealkylation sites (N-methyl/N-ethyl adjacent to an activating group) is 1. The first-order valence-corrected chi connectivity index (χ1v) is 9.05. The van der Waals surface area contributed by atoms with Gasteiger partial charge in [-0.05, 0) is 31.8 Å². The van der Waals surface area contributed by atoms with Crippen molar-refractivity contribution in [3.63, 3.8) is 0 Å². The van der Waals surface area contributed by atoms with E-state index in [1.54, 1.807) is 11.8 Å². The van der Waals surface area contributed by atoms with Crippen LogP contribution >= 0.6 is 11.8 Å². The molecule has 0 fully saturated rings. The van der Waals surface area contributed by atoms with E-state index in [4.69, 9.17) is 0 Å². The van der Waals surface area contributed by atoms with Gasteiger partial charge in [0.15, 0.2) is 0 Å². The van der Waals surface area contributed by atoms with Gasteiger partial charge in [0.1, 0.15) is 0 Å². The predicted molar refractivity (Wildman–Crippen MR) is 101 cm³/mol. The molecule has 0 spiro atoms. The third kappa shape index (κ3) is 6.64. The van der Waals surface area contributed by atoms with Gasteiger partial charge in [0.25, 0.3) is 0 Å². The van der Waals surface area contributed by atoms with E-state index in [1.165, 1.54) is 4.90 Å². The Hall–Kier alpha value is -1.98. The van der Waals surface area contributed by atoms with Crippen LogP contribution in [0.2, 0.25) is 0 Å². The molecule has 2 aromatic carbocycles. The van der Waals surface area contributed by atoms with Gasteiger partial charge in [-0.1, -0.05) is 48.5 Å². The molecular formula is C19H25N3OS. The summed E-state index contributed by atoms with van der Waals surface area (Å²) in [6.45, 7) is 1.39. The quantitative estimate of drug-likeness (QED) is 0.570. The summed E-state index contributed by atoms with van der Waals surface area (Å²) < 4.78 is 0. The number of hydrogen-bond acceptors (Lipinski definition) is 3. The summed E-state index contributed by atoms with van der Waals surface area (Å²) in [6, 6.07) is 20.1. The minimum Gasteiger partial charge on any atom is -0.337 e. The first-order valence-electron chi connectivity index (χ1n) is 8.07. The van der Waals surface area contributed by atoms with Gasteiger partial charge in [0.05, 0.1) is 6.04 Å². The van der Waals surface area contributed by atoms with Gasteiger partial charge >= 0.3 is 6.03 Å². The molecule has 128 valence electrons. The molecule has 2 N–H and O–H groups in total. The molecule has 4 nitrogen and oxygen atoms in total. The van der Waals surface area contributed by atoms with Crippen molar-refractivity contribution in [2.45, 2.75) is 10.9 Å². The van der Waals surface area contributed by atoms with E-state index in [1.807, 2.05) is 62.6 Å². The average molecular weight is 343 g/mol. The maximum absolute atomic E-state index is 12.2. The number of nitrogens with zero attached hydrogens (tertiary/aromatic N) is 1. The van der Waals surface area contributed by atoms with E-state index in [9.17, 15) is 4.79 Å². The van der Waals surface area contributed by atoms with Gasteiger partial charge in [-0.3, -0.25) is 0 Å². The van der Waals surface area contributed by atoms with Crippen LogP contribution in [0.1, 0.15) is 11.6 Å². The molecule has 0 saturated carbocycles. The highest BCUT2D eigenvalue weighted by atomic mass is 32.2. The summed E-state index contributed by atoms with van der Waals surface area (Å²) in [5, 5.41) is 6.00. The second-order valence-electron chi connectivity index (χ2n) is 5.79. The van der Waals surface area contributed by atoms with Crippen LogP contribution < -0.4 is 10.6 Å². The number of amides is 2. The summed E-state index contributed by atoms with van der Waals surface area (Å²) in [5.74, 6) is 0.848. The maximum atomic E-state index is 12.2. The third-order valence-electron chi connectivity index (χ3n) is 3.45. The highest BCUT2D eigenvalue weighted by Gasteiger charge is 2.14. The second-order valence-corrected chi connectivity index (χ2v) is 6.96. The number of rotatable bonds is 8. The van der Waals surface area contributed by atoms with Gasteiger partial charge in [-0.15, -0.1) is 11.8 Å². The number of carbonyl (C=O) groups is 1. The molecule has 5 heteroatoms. The fourth-order valence-electron chi connectivity index (χ4n) is 2.34. The third-order valence-corrected chi connectivity index (χ3v) is 4.47. The Morgan fingerprint density at radius 1 is 1.04 bits per heavy atom. The Kier molecular flexibility index (Phi) is 7.65. The summed E-state index contributed by atoms with van der Waals surface area (Å²) in [7, 11) is 4.01. The van der Waals surface area contributed by atoms with Crippen LogP contribution in [0, 0.1) is 0 Å². The number of carbonyl (C=O) groups excluding carboxylic acids is 1. The fraction of sp³-hybridized carbons (Fsp3) is 0.316. The topological polar surface area (TPSA) is 44.4 Å². The van der Waals surface area contributed by atoms with E-state index >= 15 is 0 Å². The molecule has 0 saturated heterocycles. The first kappa shape index (κ1) is 18.4. The van der Waals surface area contributed by atoms with Crippen LogP contribution in [-0.2, 0) is 0 Å². The average Bonchev–Trinajstić information content (AvgIpc) is 2.59. The molecule has 0 aliphatic rings. The van der Waals surface area contributed by atoms with Gasteiger partial charge < -0.3 is 15.5 Å². The summed E-state index contributed by atoms with van der Waals surface area (Å²) in [5.41, 5.74) is 1.11. The Bertz CT molecular complexity index is 605. The van der Waals surface area contributed by atoms with Crippen molar-refractivity contribution >= 4 is 17.8 Å². The lowest BCUT2D eigenvalue weighted by Gasteiger charge is -2.23. The number of thioether (sulfide) groups is 1. The number of benzene rings is 2. The Balaban J connectivity index is 1.78. The zero-order chi connectivity index (χ0) is 17.2. The summed E-state index contributed by atoms with van der Waals surface area (Å²) >= 11 is 1.74. The molecule has 0 aliphatic heterocycles. The smallest absolute Gasteiger partial charge is 0.315 e. The maximum Gasteiger partial charge on any atom is 0.315 e. The van der Waals surface area contributed by atoms with Gasteiger partial charge in [0, 0.05) is 23.7 Å². The van der Waals surface area contributed by atoms with Crippen LogP contribution in [0.4, 0.5) is 4.79 Å². The monoisotopic (exact) mass is 343 g/mol. The normalized spacial score (nSPS) is 12.0. The largest absolute Gasteiger partial charge is 0.337 e. The predicted octanol–water partition coefficient (Wildman–Crippen LogP) is 3.38. The van der Waals surface area contributed by atoms with E-state index in [0.717, 1.165) is 17.9 Å². The Morgan fingerprint density at radius 2 is 1.67 bits per heavy atom. The summed E-state index contributed by atoms with van der Waals surface area (Å²) in [4.78, 5) is 15.5. The minimum atomic E-state index is -0.126. The standard InChI is InChI=1S/C19H25N3OS/c1-22(2)15-18(16-9-5-3-6-10-16)21-19(23)20-13-14-24-17-11-7-4-8-12-17/h3-12,18H,13-15H2,1-2H3,(H2,20,21,23). The molecule has 1 unspecified atom stereocenters. The van der Waals surface area contributed by atoms with Crippen molar-refractivity contribution in [2.24, 2.45) is 0 Å². The van der Waals surface area contributed by atoms with Gasteiger partial charge in [-0.2, -0.15) is 0 Å². The van der Waals surface area contributed by atoms with E-state index < -0.39 is 0 Å². The molecule has 24 heavy (non-hydrogen) atoms. The second kappa shape index (κ2) is 10.0. The molecule has 0 aliphatic carbocycles. The van der Waals surface area contributed by atoms with Crippen molar-refractivity contribution in [1.82, 2.24) is 15.5 Å². The lowest BCUT2D eigenvalue weighted by Crippen LogP contribution is -2.42. The minimum absolute atomic E-state index is 0.0250.